The molecule has 0 atom stereocenters. The fourth-order valence-corrected chi connectivity index (χ4v) is 1.70. The monoisotopic (exact) mass is 248 g/mol. The predicted molar refractivity (Wildman–Crippen MR) is 67.8 cm³/mol. The molecule has 18 heavy (non-hydrogen) atoms. The van der Waals surface area contributed by atoms with E-state index in [9.17, 15) is 9.59 Å². The van der Waals surface area contributed by atoms with Crippen molar-refractivity contribution in [2.45, 2.75) is 26.3 Å². The summed E-state index contributed by atoms with van der Waals surface area (Å²) in [4.78, 5) is 23.3. The summed E-state index contributed by atoms with van der Waals surface area (Å²) < 4.78 is 5.33. The third-order valence-corrected chi connectivity index (χ3v) is 2.37. The number of carbonyl (C=O) groups is 2. The molecule has 96 valence electrons. The summed E-state index contributed by atoms with van der Waals surface area (Å²) in [5.41, 5.74) is 0.646. The summed E-state index contributed by atoms with van der Waals surface area (Å²) in [5, 5.41) is 5.54. The first-order chi connectivity index (χ1) is 8.37. The van der Waals surface area contributed by atoms with E-state index in [1.54, 1.807) is 18.2 Å². The fraction of sp³-hybridized carbons (Fsp3) is 0.385. The van der Waals surface area contributed by atoms with Crippen molar-refractivity contribution in [3.63, 3.8) is 0 Å². The van der Waals surface area contributed by atoms with Crippen LogP contribution >= 0.6 is 0 Å². The van der Waals surface area contributed by atoms with E-state index in [2.05, 4.69) is 10.6 Å². The minimum atomic E-state index is -0.322. The molecule has 2 rings (SSSR count). The van der Waals surface area contributed by atoms with Gasteiger partial charge in [-0.05, 0) is 32.9 Å². The van der Waals surface area contributed by atoms with Gasteiger partial charge in [-0.3, -0.25) is 9.59 Å². The molecule has 2 amide bonds. The molecule has 0 fully saturated rings. The third-order valence-electron chi connectivity index (χ3n) is 2.37. The number of carbonyl (C=O) groups excluding carboxylic acids is 2. The zero-order valence-electron chi connectivity index (χ0n) is 10.7. The van der Waals surface area contributed by atoms with Crippen LogP contribution < -0.4 is 15.4 Å². The Morgan fingerprint density at radius 2 is 2.11 bits per heavy atom. The molecule has 2 N–H and O–H groups in total. The predicted octanol–water partition coefficient (Wildman–Crippen LogP) is 1.55. The van der Waals surface area contributed by atoms with Crippen LogP contribution in [0.3, 0.4) is 0 Å². The van der Waals surface area contributed by atoms with Gasteiger partial charge in [-0.1, -0.05) is 6.07 Å². The average molecular weight is 248 g/mol. The quantitative estimate of drug-likeness (QED) is 0.792. The van der Waals surface area contributed by atoms with Crippen molar-refractivity contribution in [1.82, 2.24) is 5.32 Å². The van der Waals surface area contributed by atoms with Gasteiger partial charge < -0.3 is 15.4 Å². The second-order valence-electron chi connectivity index (χ2n) is 5.22. The van der Waals surface area contributed by atoms with Crippen LogP contribution in [0.25, 0.3) is 0 Å². The van der Waals surface area contributed by atoms with E-state index < -0.39 is 0 Å². The van der Waals surface area contributed by atoms with Crippen LogP contribution in [0, 0.1) is 0 Å². The molecule has 5 heteroatoms. The lowest BCUT2D eigenvalue weighted by Gasteiger charge is -2.24. The maximum Gasteiger partial charge on any atom is 0.262 e. The summed E-state index contributed by atoms with van der Waals surface area (Å²) in [5.74, 6) is 0.00484. The van der Waals surface area contributed by atoms with E-state index in [-0.39, 0.29) is 24.0 Å². The van der Waals surface area contributed by atoms with Crippen molar-refractivity contribution in [2.24, 2.45) is 0 Å². The molecule has 1 heterocycles. The Morgan fingerprint density at radius 1 is 1.39 bits per heavy atom. The molecule has 0 aromatic heterocycles. The summed E-state index contributed by atoms with van der Waals surface area (Å²) in [7, 11) is 0. The topological polar surface area (TPSA) is 67.4 Å². The van der Waals surface area contributed by atoms with E-state index in [1.165, 1.54) is 0 Å². The highest BCUT2D eigenvalue weighted by Gasteiger charge is 2.24. The second kappa shape index (κ2) is 4.33. The van der Waals surface area contributed by atoms with Gasteiger partial charge in [0.2, 0.25) is 0 Å². The van der Waals surface area contributed by atoms with Crippen LogP contribution in [0.1, 0.15) is 31.1 Å². The van der Waals surface area contributed by atoms with Crippen LogP contribution in [0.4, 0.5) is 5.69 Å². The highest BCUT2D eigenvalue weighted by atomic mass is 16.5. The number of hydrogen-bond donors (Lipinski definition) is 2. The standard InChI is InChI=1S/C13H16N2O3/c1-13(2,3)15-12(17)8-5-4-6-9-11(8)18-7-10(16)14-9/h4-6H,7H2,1-3H3,(H,14,16)(H,15,17). The zero-order valence-corrected chi connectivity index (χ0v) is 10.7. The molecule has 0 saturated carbocycles. The van der Waals surface area contributed by atoms with Crippen molar-refractivity contribution in [3.8, 4) is 5.75 Å². The molecule has 0 spiro atoms. The molecule has 0 unspecified atom stereocenters. The summed E-state index contributed by atoms with van der Waals surface area (Å²) in [6.07, 6.45) is 0. The van der Waals surface area contributed by atoms with Crippen molar-refractivity contribution in [2.75, 3.05) is 11.9 Å². The van der Waals surface area contributed by atoms with E-state index in [0.717, 1.165) is 0 Å². The first kappa shape index (κ1) is 12.4. The van der Waals surface area contributed by atoms with E-state index in [1.807, 2.05) is 20.8 Å². The SMILES string of the molecule is CC(C)(C)NC(=O)c1cccc2c1OCC(=O)N2. The molecule has 0 radical (unpaired) electrons. The lowest BCUT2D eigenvalue weighted by Crippen LogP contribution is -2.41. The van der Waals surface area contributed by atoms with Gasteiger partial charge in [0.15, 0.2) is 12.4 Å². The Labute approximate surface area is 106 Å². The maximum absolute atomic E-state index is 12.1. The molecule has 1 aliphatic rings. The highest BCUT2D eigenvalue weighted by molar-refractivity contribution is 6.03. The second-order valence-corrected chi connectivity index (χ2v) is 5.22. The Kier molecular flexibility index (Phi) is 2.98. The molecule has 5 nitrogen and oxygen atoms in total. The van der Waals surface area contributed by atoms with Gasteiger partial charge in [0, 0.05) is 5.54 Å². The number of amides is 2. The van der Waals surface area contributed by atoms with Crippen molar-refractivity contribution >= 4 is 17.5 Å². The van der Waals surface area contributed by atoms with Crippen LogP contribution in [0.5, 0.6) is 5.75 Å². The lowest BCUT2D eigenvalue weighted by atomic mass is 10.1. The normalized spacial score (nSPS) is 14.3. The number of fused-ring (bicyclic) bond motifs is 1. The Balaban J connectivity index is 2.32. The Morgan fingerprint density at radius 3 is 2.78 bits per heavy atom. The number of hydrogen-bond acceptors (Lipinski definition) is 3. The Hall–Kier alpha value is -2.04. The first-order valence-electron chi connectivity index (χ1n) is 5.75. The minimum absolute atomic E-state index is 0.0627. The van der Waals surface area contributed by atoms with Crippen LogP contribution in [-0.4, -0.2) is 24.0 Å². The lowest BCUT2D eigenvalue weighted by molar-refractivity contribution is -0.118. The molecule has 0 aliphatic carbocycles. The highest BCUT2D eigenvalue weighted by Crippen LogP contribution is 2.31. The number of para-hydroxylation sites is 1. The average Bonchev–Trinajstić information content (AvgIpc) is 2.25. The van der Waals surface area contributed by atoms with Gasteiger partial charge in [-0.2, -0.15) is 0 Å². The van der Waals surface area contributed by atoms with Gasteiger partial charge in [0.1, 0.15) is 0 Å². The molecular formula is C13H16N2O3. The molecule has 1 aromatic rings. The number of benzene rings is 1. The molecule has 0 saturated heterocycles. The van der Waals surface area contributed by atoms with Gasteiger partial charge in [-0.25, -0.2) is 0 Å². The third kappa shape index (κ3) is 2.61. The van der Waals surface area contributed by atoms with Crippen LogP contribution in [0.15, 0.2) is 18.2 Å². The van der Waals surface area contributed by atoms with Crippen molar-refractivity contribution in [3.05, 3.63) is 23.8 Å². The van der Waals surface area contributed by atoms with E-state index in [4.69, 9.17) is 4.74 Å². The van der Waals surface area contributed by atoms with Gasteiger partial charge >= 0.3 is 0 Å². The number of rotatable bonds is 1. The van der Waals surface area contributed by atoms with Gasteiger partial charge in [0.25, 0.3) is 11.8 Å². The number of ether oxygens (including phenoxy) is 1. The molecule has 1 aromatic carbocycles. The molecular weight excluding hydrogens is 232 g/mol. The van der Waals surface area contributed by atoms with E-state index in [0.29, 0.717) is 17.0 Å². The summed E-state index contributed by atoms with van der Waals surface area (Å²) in [6.45, 7) is 5.65. The van der Waals surface area contributed by atoms with Crippen LogP contribution in [0.2, 0.25) is 0 Å². The zero-order chi connectivity index (χ0) is 13.3. The summed E-state index contributed by atoms with van der Waals surface area (Å²) in [6, 6.07) is 5.10. The maximum atomic E-state index is 12.1. The largest absolute Gasteiger partial charge is 0.481 e. The smallest absolute Gasteiger partial charge is 0.262 e. The van der Waals surface area contributed by atoms with Crippen molar-refractivity contribution in [1.29, 1.82) is 0 Å². The Bertz CT molecular complexity index is 503. The molecule has 0 bridgehead atoms. The fourth-order valence-electron chi connectivity index (χ4n) is 1.70. The van der Waals surface area contributed by atoms with Crippen LogP contribution in [-0.2, 0) is 4.79 Å². The summed E-state index contributed by atoms with van der Waals surface area (Å²) >= 11 is 0. The molecule has 1 aliphatic heterocycles. The number of nitrogens with one attached hydrogen (secondary N) is 2. The van der Waals surface area contributed by atoms with Gasteiger partial charge in [0.05, 0.1) is 11.3 Å². The van der Waals surface area contributed by atoms with Crippen molar-refractivity contribution < 1.29 is 14.3 Å². The first-order valence-corrected chi connectivity index (χ1v) is 5.75. The van der Waals surface area contributed by atoms with E-state index >= 15 is 0 Å². The van der Waals surface area contributed by atoms with Gasteiger partial charge in [-0.15, -0.1) is 0 Å². The number of anilines is 1. The minimum Gasteiger partial charge on any atom is -0.481 e.